The minimum Gasteiger partial charge on any atom is -0.339 e. The van der Waals surface area contributed by atoms with E-state index in [0.717, 1.165) is 0 Å². The Kier molecular flexibility index (Phi) is 2.87. The first-order valence-corrected chi connectivity index (χ1v) is 6.21. The average Bonchev–Trinajstić information content (AvgIpc) is 2.85. The van der Waals surface area contributed by atoms with Crippen LogP contribution >= 0.6 is 0 Å². The van der Waals surface area contributed by atoms with E-state index in [1.54, 1.807) is 0 Å². The van der Waals surface area contributed by atoms with Crippen LogP contribution in [0.4, 0.5) is 0 Å². The molecule has 2 nitrogen and oxygen atoms in total. The Bertz CT molecular complexity index is 640. The van der Waals surface area contributed by atoms with Crippen molar-refractivity contribution < 1.29 is 0 Å². The maximum atomic E-state index is 5.97. The van der Waals surface area contributed by atoms with Gasteiger partial charge in [-0.2, -0.15) is 0 Å². The predicted molar refractivity (Wildman–Crippen MR) is 75.6 cm³/mol. The fourth-order valence-electron chi connectivity index (χ4n) is 2.46. The smallest absolute Gasteiger partial charge is 0.0708 e. The summed E-state index contributed by atoms with van der Waals surface area (Å²) in [7, 11) is 0. The van der Waals surface area contributed by atoms with Gasteiger partial charge in [-0.05, 0) is 23.1 Å². The maximum Gasteiger partial charge on any atom is 0.0708 e. The molecule has 0 fully saturated rings. The molecule has 1 heterocycles. The van der Waals surface area contributed by atoms with Gasteiger partial charge in [0, 0.05) is 18.3 Å². The summed E-state index contributed by atoms with van der Waals surface area (Å²) in [6, 6.07) is 21.2. The lowest BCUT2D eigenvalue weighted by Gasteiger charge is -2.18. The Morgan fingerprint density at radius 1 is 0.889 bits per heavy atom. The van der Waals surface area contributed by atoms with Crippen molar-refractivity contribution in [3.05, 3.63) is 72.4 Å². The van der Waals surface area contributed by atoms with Crippen molar-refractivity contribution in [3.63, 3.8) is 0 Å². The highest BCUT2D eigenvalue weighted by molar-refractivity contribution is 5.80. The molecule has 90 valence electrons. The third kappa shape index (κ3) is 1.81. The number of fused-ring (bicyclic) bond motifs is 1. The monoisotopic (exact) mass is 236 g/mol. The summed E-state index contributed by atoms with van der Waals surface area (Å²) in [6.07, 6.45) is 2.12. The van der Waals surface area contributed by atoms with E-state index < -0.39 is 0 Å². The van der Waals surface area contributed by atoms with Crippen molar-refractivity contribution in [1.82, 2.24) is 4.57 Å². The van der Waals surface area contributed by atoms with E-state index in [4.69, 9.17) is 5.73 Å². The molecule has 2 N–H and O–H groups in total. The van der Waals surface area contributed by atoms with Crippen LogP contribution in [0, 0.1) is 0 Å². The fraction of sp³-hybridized carbons (Fsp3) is 0.125. The number of benzene rings is 2. The first-order valence-electron chi connectivity index (χ1n) is 6.21. The van der Waals surface area contributed by atoms with Gasteiger partial charge in [0.05, 0.1) is 6.04 Å². The number of para-hydroxylation sites is 1. The molecule has 3 aromatic rings. The van der Waals surface area contributed by atoms with E-state index in [-0.39, 0.29) is 6.04 Å². The van der Waals surface area contributed by atoms with E-state index in [2.05, 4.69) is 65.4 Å². The Hall–Kier alpha value is -2.06. The second-order valence-electron chi connectivity index (χ2n) is 4.44. The average molecular weight is 236 g/mol. The van der Waals surface area contributed by atoms with E-state index in [1.807, 2.05) is 6.07 Å². The van der Waals surface area contributed by atoms with Gasteiger partial charge >= 0.3 is 0 Å². The fourth-order valence-corrected chi connectivity index (χ4v) is 2.46. The SMILES string of the molecule is NCC(c1ccccc1)n1ccc2ccccc21. The van der Waals surface area contributed by atoms with E-state index in [1.165, 1.54) is 16.5 Å². The summed E-state index contributed by atoms with van der Waals surface area (Å²) in [4.78, 5) is 0. The molecular weight excluding hydrogens is 220 g/mol. The zero-order valence-electron chi connectivity index (χ0n) is 10.2. The van der Waals surface area contributed by atoms with E-state index in [9.17, 15) is 0 Å². The van der Waals surface area contributed by atoms with Crippen LogP contribution in [0.25, 0.3) is 10.9 Å². The predicted octanol–water partition coefficient (Wildman–Crippen LogP) is 3.19. The van der Waals surface area contributed by atoms with Crippen molar-refractivity contribution in [1.29, 1.82) is 0 Å². The summed E-state index contributed by atoms with van der Waals surface area (Å²) in [6.45, 7) is 0.600. The van der Waals surface area contributed by atoms with E-state index >= 15 is 0 Å². The lowest BCUT2D eigenvalue weighted by molar-refractivity contribution is 0.615. The van der Waals surface area contributed by atoms with Crippen LogP contribution in [-0.4, -0.2) is 11.1 Å². The lowest BCUT2D eigenvalue weighted by Crippen LogP contribution is -2.19. The third-order valence-electron chi connectivity index (χ3n) is 3.37. The summed E-state index contributed by atoms with van der Waals surface area (Å²) in [5.41, 5.74) is 8.45. The van der Waals surface area contributed by atoms with Crippen LogP contribution in [0.3, 0.4) is 0 Å². The van der Waals surface area contributed by atoms with Crippen LogP contribution in [0.2, 0.25) is 0 Å². The van der Waals surface area contributed by atoms with Gasteiger partial charge in [0.25, 0.3) is 0 Å². The van der Waals surface area contributed by atoms with Crippen molar-refractivity contribution in [2.24, 2.45) is 5.73 Å². The molecule has 0 radical (unpaired) electrons. The topological polar surface area (TPSA) is 30.9 Å². The van der Waals surface area contributed by atoms with Gasteiger partial charge in [-0.1, -0.05) is 48.5 Å². The number of aromatic nitrogens is 1. The number of nitrogens with two attached hydrogens (primary N) is 1. The van der Waals surface area contributed by atoms with Crippen LogP contribution in [-0.2, 0) is 0 Å². The second-order valence-corrected chi connectivity index (χ2v) is 4.44. The normalized spacial score (nSPS) is 12.7. The molecule has 0 saturated heterocycles. The summed E-state index contributed by atoms with van der Waals surface area (Å²) >= 11 is 0. The number of nitrogens with zero attached hydrogens (tertiary/aromatic N) is 1. The van der Waals surface area contributed by atoms with Gasteiger partial charge in [-0.15, -0.1) is 0 Å². The standard InChI is InChI=1S/C16H16N2/c17-12-16(13-6-2-1-3-7-13)18-11-10-14-8-4-5-9-15(14)18/h1-11,16H,12,17H2. The molecule has 0 aliphatic rings. The highest BCUT2D eigenvalue weighted by Crippen LogP contribution is 2.24. The van der Waals surface area contributed by atoms with E-state index in [0.29, 0.717) is 6.54 Å². The van der Waals surface area contributed by atoms with Gasteiger partial charge in [-0.3, -0.25) is 0 Å². The molecular formula is C16H16N2. The Morgan fingerprint density at radius 3 is 2.39 bits per heavy atom. The Morgan fingerprint density at radius 2 is 1.61 bits per heavy atom. The van der Waals surface area contributed by atoms with Crippen LogP contribution < -0.4 is 5.73 Å². The first kappa shape index (κ1) is 11.1. The summed E-state index contributed by atoms with van der Waals surface area (Å²) < 4.78 is 2.25. The maximum absolute atomic E-state index is 5.97. The Balaban J connectivity index is 2.12. The second kappa shape index (κ2) is 4.67. The number of hydrogen-bond acceptors (Lipinski definition) is 1. The zero-order chi connectivity index (χ0) is 12.4. The highest BCUT2D eigenvalue weighted by atomic mass is 15.0. The van der Waals surface area contributed by atoms with Gasteiger partial charge in [0.15, 0.2) is 0 Å². The summed E-state index contributed by atoms with van der Waals surface area (Å²) in [5.74, 6) is 0. The molecule has 2 aromatic carbocycles. The molecule has 18 heavy (non-hydrogen) atoms. The molecule has 0 aliphatic carbocycles. The molecule has 1 aromatic heterocycles. The quantitative estimate of drug-likeness (QED) is 0.744. The van der Waals surface area contributed by atoms with Gasteiger partial charge in [0.1, 0.15) is 0 Å². The van der Waals surface area contributed by atoms with Gasteiger partial charge < -0.3 is 10.3 Å². The highest BCUT2D eigenvalue weighted by Gasteiger charge is 2.12. The minimum absolute atomic E-state index is 0.200. The molecule has 3 rings (SSSR count). The molecule has 0 bridgehead atoms. The lowest BCUT2D eigenvalue weighted by atomic mass is 10.1. The van der Waals surface area contributed by atoms with Gasteiger partial charge in [-0.25, -0.2) is 0 Å². The number of rotatable bonds is 3. The molecule has 1 atom stereocenters. The third-order valence-corrected chi connectivity index (χ3v) is 3.37. The van der Waals surface area contributed by atoms with Crippen LogP contribution in [0.15, 0.2) is 66.9 Å². The Labute approximate surface area is 107 Å². The van der Waals surface area contributed by atoms with Crippen LogP contribution in [0.1, 0.15) is 11.6 Å². The van der Waals surface area contributed by atoms with Crippen molar-refractivity contribution >= 4 is 10.9 Å². The van der Waals surface area contributed by atoms with Crippen molar-refractivity contribution in [3.8, 4) is 0 Å². The largest absolute Gasteiger partial charge is 0.339 e. The van der Waals surface area contributed by atoms with Gasteiger partial charge in [0.2, 0.25) is 0 Å². The number of hydrogen-bond donors (Lipinski definition) is 1. The zero-order valence-corrected chi connectivity index (χ0v) is 10.2. The molecule has 0 saturated carbocycles. The van der Waals surface area contributed by atoms with Crippen LogP contribution in [0.5, 0.6) is 0 Å². The summed E-state index contributed by atoms with van der Waals surface area (Å²) in [5, 5.41) is 1.26. The molecule has 0 spiro atoms. The molecule has 1 unspecified atom stereocenters. The van der Waals surface area contributed by atoms with Crippen molar-refractivity contribution in [2.75, 3.05) is 6.54 Å². The molecule has 2 heteroatoms. The van der Waals surface area contributed by atoms with Crippen molar-refractivity contribution in [2.45, 2.75) is 6.04 Å². The minimum atomic E-state index is 0.200. The molecule has 0 aliphatic heterocycles. The first-order chi connectivity index (χ1) is 8.90. The molecule has 0 amide bonds.